The molecule has 92 valence electrons. The third-order valence-electron chi connectivity index (χ3n) is 2.50. The smallest absolute Gasteiger partial charge is 0.161 e. The summed E-state index contributed by atoms with van der Waals surface area (Å²) in [6.07, 6.45) is 2.42. The Morgan fingerprint density at radius 3 is 3.18 bits per heavy atom. The van der Waals surface area contributed by atoms with Crippen molar-refractivity contribution in [3.8, 4) is 0 Å². The first-order chi connectivity index (χ1) is 8.19. The summed E-state index contributed by atoms with van der Waals surface area (Å²) in [6.45, 7) is 3.11. The minimum Gasteiger partial charge on any atom is -0.334 e. The lowest BCUT2D eigenvalue weighted by Crippen LogP contribution is -2.07. The third kappa shape index (κ3) is 3.63. The van der Waals surface area contributed by atoms with E-state index < -0.39 is 0 Å². The summed E-state index contributed by atoms with van der Waals surface area (Å²) in [4.78, 5) is 4.50. The van der Waals surface area contributed by atoms with Gasteiger partial charge in [-0.05, 0) is 24.6 Å². The van der Waals surface area contributed by atoms with Gasteiger partial charge in [-0.2, -0.15) is 0 Å². The molecule has 1 N–H and O–H groups in total. The second kappa shape index (κ2) is 6.12. The molecule has 0 bridgehead atoms. The van der Waals surface area contributed by atoms with Gasteiger partial charge in [0.05, 0.1) is 17.3 Å². The molecule has 0 amide bonds. The summed E-state index contributed by atoms with van der Waals surface area (Å²) in [5.74, 6) is 0. The molecule has 0 aliphatic carbocycles. The molecule has 1 aromatic rings. The van der Waals surface area contributed by atoms with Gasteiger partial charge >= 0.3 is 0 Å². The van der Waals surface area contributed by atoms with Crippen LogP contribution < -0.4 is 5.32 Å². The van der Waals surface area contributed by atoms with Crippen molar-refractivity contribution in [3.63, 3.8) is 0 Å². The molecule has 0 spiro atoms. The van der Waals surface area contributed by atoms with Gasteiger partial charge in [0.1, 0.15) is 0 Å². The highest BCUT2D eigenvalue weighted by Crippen LogP contribution is 2.30. The molecule has 0 fully saturated rings. The number of aliphatic imine (C=N–C) groups is 1. The molecule has 0 saturated carbocycles. The van der Waals surface area contributed by atoms with Crippen LogP contribution >= 0.6 is 39.3 Å². The monoisotopic (exact) mass is 332 g/mol. The Morgan fingerprint density at radius 2 is 2.41 bits per heavy atom. The van der Waals surface area contributed by atoms with Crippen molar-refractivity contribution in [1.82, 2.24) is 0 Å². The predicted octanol–water partition coefficient (Wildman–Crippen LogP) is 4.79. The van der Waals surface area contributed by atoms with E-state index in [1.807, 2.05) is 30.0 Å². The zero-order chi connectivity index (χ0) is 12.3. The number of hydrogen-bond acceptors (Lipinski definition) is 3. The van der Waals surface area contributed by atoms with Crippen molar-refractivity contribution in [2.45, 2.75) is 25.0 Å². The van der Waals surface area contributed by atoms with E-state index in [1.54, 1.807) is 0 Å². The molecule has 1 heterocycles. The summed E-state index contributed by atoms with van der Waals surface area (Å²) >= 11 is 11.4. The molecule has 1 atom stereocenters. The molecule has 17 heavy (non-hydrogen) atoms. The minimum atomic E-state index is 0.619. The standard InChI is InChI=1S/C12H14BrClN2S/c1-2-3-9-7-15-12(17-9)16-11-6-8(13)4-5-10(11)14/h4-6,9H,2-3,7H2,1H3,(H,15,16). The van der Waals surface area contributed by atoms with Gasteiger partial charge in [0.15, 0.2) is 5.17 Å². The van der Waals surface area contributed by atoms with E-state index in [9.17, 15) is 0 Å². The lowest BCUT2D eigenvalue weighted by Gasteiger charge is -2.09. The molecule has 2 nitrogen and oxygen atoms in total. The number of halogens is 2. The summed E-state index contributed by atoms with van der Waals surface area (Å²) in [5, 5.41) is 5.60. The quantitative estimate of drug-likeness (QED) is 0.860. The molecule has 1 aliphatic heterocycles. The van der Waals surface area contributed by atoms with Crippen LogP contribution in [0.25, 0.3) is 0 Å². The maximum atomic E-state index is 6.12. The van der Waals surface area contributed by atoms with Crippen molar-refractivity contribution < 1.29 is 0 Å². The van der Waals surface area contributed by atoms with Crippen molar-refractivity contribution in [2.24, 2.45) is 4.99 Å². The largest absolute Gasteiger partial charge is 0.334 e. The van der Waals surface area contributed by atoms with Gasteiger partial charge in [-0.1, -0.05) is 52.6 Å². The number of hydrogen-bond donors (Lipinski definition) is 1. The number of rotatable bonds is 3. The average molecular weight is 334 g/mol. The summed E-state index contributed by atoms with van der Waals surface area (Å²) in [7, 11) is 0. The number of nitrogens with one attached hydrogen (secondary N) is 1. The number of amidine groups is 1. The Hall–Kier alpha value is -0.190. The molecular formula is C12H14BrClN2S. The van der Waals surface area contributed by atoms with Crippen molar-refractivity contribution in [1.29, 1.82) is 0 Å². The minimum absolute atomic E-state index is 0.619. The van der Waals surface area contributed by atoms with Gasteiger partial charge < -0.3 is 5.32 Å². The fraction of sp³-hybridized carbons (Fsp3) is 0.417. The SMILES string of the molecule is CCCC1CN=C(Nc2cc(Br)ccc2Cl)S1. The molecule has 1 aromatic carbocycles. The second-order valence-electron chi connectivity index (χ2n) is 3.92. The Bertz CT molecular complexity index is 437. The van der Waals surface area contributed by atoms with Crippen LogP contribution in [0.4, 0.5) is 5.69 Å². The highest BCUT2D eigenvalue weighted by atomic mass is 79.9. The maximum absolute atomic E-state index is 6.12. The number of benzene rings is 1. The molecule has 1 aliphatic rings. The van der Waals surface area contributed by atoms with Gasteiger partial charge in [0.25, 0.3) is 0 Å². The van der Waals surface area contributed by atoms with E-state index in [0.717, 1.165) is 26.9 Å². The van der Waals surface area contributed by atoms with E-state index in [0.29, 0.717) is 5.25 Å². The summed E-state index contributed by atoms with van der Waals surface area (Å²) < 4.78 is 1.01. The molecule has 1 unspecified atom stereocenters. The van der Waals surface area contributed by atoms with Gasteiger partial charge in [-0.25, -0.2) is 0 Å². The molecule has 0 saturated heterocycles. The Balaban J connectivity index is 2.00. The Morgan fingerprint density at radius 1 is 1.59 bits per heavy atom. The van der Waals surface area contributed by atoms with Gasteiger partial charge in [0, 0.05) is 9.72 Å². The van der Waals surface area contributed by atoms with Crippen LogP contribution in [0.15, 0.2) is 27.7 Å². The lowest BCUT2D eigenvalue weighted by molar-refractivity contribution is 0.754. The number of anilines is 1. The first-order valence-electron chi connectivity index (χ1n) is 5.62. The van der Waals surface area contributed by atoms with Crippen LogP contribution in [-0.2, 0) is 0 Å². The Labute approximate surface area is 119 Å². The highest BCUT2D eigenvalue weighted by molar-refractivity contribution is 9.10. The van der Waals surface area contributed by atoms with Gasteiger partial charge in [-0.15, -0.1) is 0 Å². The number of nitrogens with zero attached hydrogens (tertiary/aromatic N) is 1. The van der Waals surface area contributed by atoms with Crippen LogP contribution in [0.1, 0.15) is 19.8 Å². The van der Waals surface area contributed by atoms with Crippen LogP contribution in [0.5, 0.6) is 0 Å². The van der Waals surface area contributed by atoms with E-state index in [2.05, 4.69) is 33.2 Å². The fourth-order valence-corrected chi connectivity index (χ4v) is 3.33. The average Bonchev–Trinajstić information content (AvgIpc) is 2.72. The van der Waals surface area contributed by atoms with Gasteiger partial charge in [-0.3, -0.25) is 4.99 Å². The van der Waals surface area contributed by atoms with Gasteiger partial charge in [0.2, 0.25) is 0 Å². The first-order valence-corrected chi connectivity index (χ1v) is 7.67. The first kappa shape index (κ1) is 13.2. The molecule has 5 heteroatoms. The second-order valence-corrected chi connectivity index (χ2v) is 6.54. The molecule has 2 rings (SSSR count). The summed E-state index contributed by atoms with van der Waals surface area (Å²) in [6, 6.07) is 5.77. The van der Waals surface area contributed by atoms with Crippen LogP contribution in [0, 0.1) is 0 Å². The third-order valence-corrected chi connectivity index (χ3v) is 4.49. The van der Waals surface area contributed by atoms with Crippen LogP contribution in [0.2, 0.25) is 5.02 Å². The van der Waals surface area contributed by atoms with E-state index in [-0.39, 0.29) is 0 Å². The fourth-order valence-electron chi connectivity index (χ4n) is 1.67. The van der Waals surface area contributed by atoms with Crippen LogP contribution in [0.3, 0.4) is 0 Å². The molecule has 0 radical (unpaired) electrons. The van der Waals surface area contributed by atoms with Crippen LogP contribution in [-0.4, -0.2) is 17.0 Å². The number of thioether (sulfide) groups is 1. The van der Waals surface area contributed by atoms with Crippen molar-refractivity contribution in [2.75, 3.05) is 11.9 Å². The van der Waals surface area contributed by atoms with E-state index in [1.165, 1.54) is 12.8 Å². The summed E-state index contributed by atoms with van der Waals surface area (Å²) in [5.41, 5.74) is 0.907. The van der Waals surface area contributed by atoms with Crippen molar-refractivity contribution >= 4 is 50.1 Å². The molecule has 0 aromatic heterocycles. The maximum Gasteiger partial charge on any atom is 0.161 e. The zero-order valence-corrected chi connectivity index (χ0v) is 12.7. The normalized spacial score (nSPS) is 19.2. The van der Waals surface area contributed by atoms with Crippen molar-refractivity contribution in [3.05, 3.63) is 27.7 Å². The van der Waals surface area contributed by atoms with E-state index in [4.69, 9.17) is 11.6 Å². The molecular weight excluding hydrogens is 320 g/mol. The Kier molecular flexibility index (Phi) is 4.77. The lowest BCUT2D eigenvalue weighted by atomic mass is 10.2. The zero-order valence-electron chi connectivity index (χ0n) is 9.54. The highest BCUT2D eigenvalue weighted by Gasteiger charge is 2.19. The topological polar surface area (TPSA) is 24.4 Å². The predicted molar refractivity (Wildman–Crippen MR) is 81.4 cm³/mol. The van der Waals surface area contributed by atoms with E-state index >= 15 is 0 Å².